The van der Waals surface area contributed by atoms with Crippen LogP contribution in [0.25, 0.3) is 0 Å². The van der Waals surface area contributed by atoms with Gasteiger partial charge in [0.05, 0.1) is 0 Å². The third-order valence-corrected chi connectivity index (χ3v) is 4.95. The summed E-state index contributed by atoms with van der Waals surface area (Å²) in [4.78, 5) is 12.6. The number of fused-ring (bicyclic) bond motifs is 1. The van der Waals surface area contributed by atoms with Crippen LogP contribution in [-0.4, -0.2) is 5.91 Å². The smallest absolute Gasteiger partial charge is 0.226 e. The molecule has 1 aromatic carbocycles. The summed E-state index contributed by atoms with van der Waals surface area (Å²) in [5.41, 5.74) is 3.90. The van der Waals surface area contributed by atoms with E-state index < -0.39 is 0 Å². The zero-order valence-electron chi connectivity index (χ0n) is 13.2. The Morgan fingerprint density at radius 1 is 1.29 bits per heavy atom. The Morgan fingerprint density at radius 2 is 2.05 bits per heavy atom. The molecule has 0 atom stereocenters. The van der Waals surface area contributed by atoms with E-state index in [-0.39, 0.29) is 11.3 Å². The summed E-state index contributed by atoms with van der Waals surface area (Å²) in [5.74, 6) is 0.850. The molecular formula is C18H26N2O. The van der Waals surface area contributed by atoms with Crippen LogP contribution in [0.2, 0.25) is 0 Å². The Labute approximate surface area is 127 Å². The zero-order chi connectivity index (χ0) is 14.9. The molecule has 0 bridgehead atoms. The fourth-order valence-electron chi connectivity index (χ4n) is 3.74. The Bertz CT molecular complexity index is 532. The van der Waals surface area contributed by atoms with E-state index in [0.29, 0.717) is 12.5 Å². The first-order chi connectivity index (χ1) is 10.1. The molecule has 1 aromatic rings. The molecule has 1 fully saturated rings. The van der Waals surface area contributed by atoms with Gasteiger partial charge in [0.1, 0.15) is 0 Å². The minimum Gasteiger partial charge on any atom is -0.352 e. The molecule has 2 N–H and O–H groups in total. The highest BCUT2D eigenvalue weighted by molar-refractivity contribution is 5.83. The first-order valence-corrected chi connectivity index (χ1v) is 8.19. The second-order valence-corrected chi connectivity index (χ2v) is 7.12. The summed E-state index contributed by atoms with van der Waals surface area (Å²) in [6.45, 7) is 7.00. The van der Waals surface area contributed by atoms with Crippen molar-refractivity contribution in [3.63, 3.8) is 0 Å². The van der Waals surface area contributed by atoms with Crippen LogP contribution in [0.3, 0.4) is 0 Å². The van der Waals surface area contributed by atoms with E-state index >= 15 is 0 Å². The van der Waals surface area contributed by atoms with Gasteiger partial charge in [-0.25, -0.2) is 0 Å². The molecule has 3 rings (SSSR count). The molecule has 0 unspecified atom stereocenters. The van der Waals surface area contributed by atoms with E-state index in [1.54, 1.807) is 0 Å². The van der Waals surface area contributed by atoms with Crippen molar-refractivity contribution in [1.82, 2.24) is 10.6 Å². The summed E-state index contributed by atoms with van der Waals surface area (Å²) >= 11 is 0. The Balaban J connectivity index is 1.60. The van der Waals surface area contributed by atoms with Gasteiger partial charge in [0.2, 0.25) is 5.91 Å². The lowest BCUT2D eigenvalue weighted by molar-refractivity contribution is -0.137. The highest BCUT2D eigenvalue weighted by Crippen LogP contribution is 2.46. The maximum absolute atomic E-state index is 12.6. The lowest BCUT2D eigenvalue weighted by Crippen LogP contribution is -2.46. The van der Waals surface area contributed by atoms with Gasteiger partial charge < -0.3 is 10.6 Å². The highest BCUT2D eigenvalue weighted by atomic mass is 16.2. The number of amides is 1. The van der Waals surface area contributed by atoms with Crippen LogP contribution in [0.5, 0.6) is 0 Å². The monoisotopic (exact) mass is 286 g/mol. The number of benzene rings is 1. The molecule has 1 saturated carbocycles. The third kappa shape index (κ3) is 2.98. The maximum Gasteiger partial charge on any atom is 0.226 e. The normalized spacial score (nSPS) is 19.2. The fraction of sp³-hybridized carbons (Fsp3) is 0.611. The predicted molar refractivity (Wildman–Crippen MR) is 84.6 cm³/mol. The quantitative estimate of drug-likeness (QED) is 0.873. The van der Waals surface area contributed by atoms with Crippen LogP contribution in [0, 0.1) is 11.3 Å². The summed E-state index contributed by atoms with van der Waals surface area (Å²) in [6, 6.07) is 6.55. The fourth-order valence-corrected chi connectivity index (χ4v) is 3.74. The molecule has 0 saturated heterocycles. The number of nitrogens with one attached hydrogen (secondary N) is 2. The Kier molecular flexibility index (Phi) is 4.03. The Morgan fingerprint density at radius 3 is 2.71 bits per heavy atom. The topological polar surface area (TPSA) is 41.1 Å². The molecule has 21 heavy (non-hydrogen) atoms. The first kappa shape index (κ1) is 14.6. The predicted octanol–water partition coefficient (Wildman–Crippen LogP) is 3.12. The van der Waals surface area contributed by atoms with Gasteiger partial charge in [-0.05, 0) is 41.9 Å². The molecule has 0 spiro atoms. The molecule has 2 aliphatic rings. The molecule has 1 aliphatic heterocycles. The number of hydrogen-bond acceptors (Lipinski definition) is 2. The van der Waals surface area contributed by atoms with Gasteiger partial charge in [0.25, 0.3) is 0 Å². The number of carbonyl (C=O) groups excluding carboxylic acids is 1. The molecule has 0 aromatic heterocycles. The number of carbonyl (C=O) groups is 1. The van der Waals surface area contributed by atoms with Gasteiger partial charge in [-0.15, -0.1) is 0 Å². The van der Waals surface area contributed by atoms with Crippen LogP contribution >= 0.6 is 0 Å². The molecule has 3 heteroatoms. The summed E-state index contributed by atoms with van der Waals surface area (Å²) in [5, 5.41) is 6.54. The van der Waals surface area contributed by atoms with Crippen molar-refractivity contribution in [2.45, 2.75) is 59.2 Å². The SMILES string of the molecule is CC(C)CC1(C(=O)NCc2ccc3c(c2)CNC3)CCC1. The minimum atomic E-state index is -0.0769. The average Bonchev–Trinajstić information content (AvgIpc) is 2.87. The lowest BCUT2D eigenvalue weighted by atomic mass is 9.64. The summed E-state index contributed by atoms with van der Waals surface area (Å²) in [6.07, 6.45) is 4.34. The molecule has 1 heterocycles. The van der Waals surface area contributed by atoms with E-state index in [9.17, 15) is 4.79 Å². The second kappa shape index (κ2) is 5.80. The average molecular weight is 286 g/mol. The van der Waals surface area contributed by atoms with Gasteiger partial charge in [0, 0.05) is 25.0 Å². The van der Waals surface area contributed by atoms with E-state index in [1.807, 2.05) is 0 Å². The molecular weight excluding hydrogens is 260 g/mol. The van der Waals surface area contributed by atoms with Crippen LogP contribution in [0.4, 0.5) is 0 Å². The molecule has 1 aliphatic carbocycles. The van der Waals surface area contributed by atoms with E-state index in [4.69, 9.17) is 0 Å². The zero-order valence-corrected chi connectivity index (χ0v) is 13.2. The molecule has 114 valence electrons. The minimum absolute atomic E-state index is 0.0769. The standard InChI is InChI=1S/C18H26N2O/c1-13(2)9-18(6-3-7-18)17(21)20-10-14-4-5-15-11-19-12-16(15)8-14/h4-5,8,13,19H,3,6-7,9-12H2,1-2H3,(H,20,21). The van der Waals surface area contributed by atoms with Crippen LogP contribution in [0.15, 0.2) is 18.2 Å². The Hall–Kier alpha value is -1.35. The van der Waals surface area contributed by atoms with Gasteiger partial charge >= 0.3 is 0 Å². The largest absolute Gasteiger partial charge is 0.352 e. The van der Waals surface area contributed by atoms with Gasteiger partial charge in [0.15, 0.2) is 0 Å². The maximum atomic E-state index is 12.6. The van der Waals surface area contributed by atoms with Crippen molar-refractivity contribution in [1.29, 1.82) is 0 Å². The van der Waals surface area contributed by atoms with E-state index in [2.05, 4.69) is 42.7 Å². The van der Waals surface area contributed by atoms with Crippen LogP contribution in [0.1, 0.15) is 56.2 Å². The highest BCUT2D eigenvalue weighted by Gasteiger charge is 2.43. The van der Waals surface area contributed by atoms with Gasteiger partial charge in [-0.3, -0.25) is 4.79 Å². The van der Waals surface area contributed by atoms with Crippen molar-refractivity contribution in [3.8, 4) is 0 Å². The second-order valence-electron chi connectivity index (χ2n) is 7.12. The van der Waals surface area contributed by atoms with Gasteiger partial charge in [-0.2, -0.15) is 0 Å². The van der Waals surface area contributed by atoms with E-state index in [1.165, 1.54) is 23.1 Å². The molecule has 3 nitrogen and oxygen atoms in total. The van der Waals surface area contributed by atoms with Crippen LogP contribution in [-0.2, 0) is 24.4 Å². The number of hydrogen-bond donors (Lipinski definition) is 2. The van der Waals surface area contributed by atoms with Crippen molar-refractivity contribution < 1.29 is 4.79 Å². The third-order valence-electron chi connectivity index (χ3n) is 4.95. The van der Waals surface area contributed by atoms with Crippen LogP contribution < -0.4 is 10.6 Å². The van der Waals surface area contributed by atoms with Crippen molar-refractivity contribution in [3.05, 3.63) is 34.9 Å². The van der Waals surface area contributed by atoms with Crippen molar-refractivity contribution >= 4 is 5.91 Å². The van der Waals surface area contributed by atoms with Crippen molar-refractivity contribution in [2.75, 3.05) is 0 Å². The molecule has 1 amide bonds. The van der Waals surface area contributed by atoms with E-state index in [0.717, 1.165) is 32.4 Å². The summed E-state index contributed by atoms with van der Waals surface area (Å²) in [7, 11) is 0. The van der Waals surface area contributed by atoms with Gasteiger partial charge in [-0.1, -0.05) is 38.5 Å². The molecule has 0 radical (unpaired) electrons. The number of rotatable bonds is 5. The first-order valence-electron chi connectivity index (χ1n) is 8.19. The lowest BCUT2D eigenvalue weighted by Gasteiger charge is -2.41. The summed E-state index contributed by atoms with van der Waals surface area (Å²) < 4.78 is 0. The van der Waals surface area contributed by atoms with Crippen molar-refractivity contribution in [2.24, 2.45) is 11.3 Å².